The van der Waals surface area contributed by atoms with E-state index >= 15 is 0 Å². The highest BCUT2D eigenvalue weighted by Crippen LogP contribution is 2.13. The van der Waals surface area contributed by atoms with Gasteiger partial charge in [-0.1, -0.05) is 6.42 Å². The molecular formula is C15H22FN3O. The monoisotopic (exact) mass is 279 g/mol. The number of nitrogen functional groups attached to an aromatic ring is 1. The molecule has 110 valence electrons. The van der Waals surface area contributed by atoms with Crippen molar-refractivity contribution >= 4 is 11.6 Å². The molecule has 1 aliphatic heterocycles. The van der Waals surface area contributed by atoms with Gasteiger partial charge in [0.15, 0.2) is 0 Å². The van der Waals surface area contributed by atoms with Gasteiger partial charge in [-0.05, 0) is 51.1 Å². The maximum Gasteiger partial charge on any atom is 0.251 e. The van der Waals surface area contributed by atoms with Crippen molar-refractivity contribution in [3.8, 4) is 0 Å². The SMILES string of the molecule is CC(CNC(=O)c1ccc(F)c(N)c1)N1CCCCC1. The average Bonchev–Trinajstić information content (AvgIpc) is 2.48. The molecule has 0 spiro atoms. The molecule has 1 amide bonds. The van der Waals surface area contributed by atoms with Crippen LogP contribution in [0.15, 0.2) is 18.2 Å². The Morgan fingerprint density at radius 3 is 2.75 bits per heavy atom. The molecule has 1 fully saturated rings. The molecule has 5 heteroatoms. The van der Waals surface area contributed by atoms with Crippen molar-refractivity contribution in [2.24, 2.45) is 0 Å². The van der Waals surface area contributed by atoms with Gasteiger partial charge in [0.25, 0.3) is 5.91 Å². The number of carbonyl (C=O) groups excluding carboxylic acids is 1. The largest absolute Gasteiger partial charge is 0.396 e. The number of nitrogens with zero attached hydrogens (tertiary/aromatic N) is 1. The summed E-state index contributed by atoms with van der Waals surface area (Å²) in [7, 11) is 0. The molecule has 1 heterocycles. The van der Waals surface area contributed by atoms with E-state index in [0.29, 0.717) is 18.2 Å². The van der Waals surface area contributed by atoms with Crippen molar-refractivity contribution in [1.29, 1.82) is 0 Å². The molecule has 0 bridgehead atoms. The molecule has 1 saturated heterocycles. The lowest BCUT2D eigenvalue weighted by atomic mass is 10.1. The van der Waals surface area contributed by atoms with Gasteiger partial charge in [0.1, 0.15) is 5.82 Å². The van der Waals surface area contributed by atoms with Crippen LogP contribution >= 0.6 is 0 Å². The molecule has 0 aromatic heterocycles. The Labute approximate surface area is 119 Å². The van der Waals surface area contributed by atoms with Crippen LogP contribution in [-0.4, -0.2) is 36.5 Å². The predicted molar refractivity (Wildman–Crippen MR) is 78.0 cm³/mol. The molecule has 1 aliphatic rings. The van der Waals surface area contributed by atoms with Crippen LogP contribution < -0.4 is 11.1 Å². The van der Waals surface area contributed by atoms with Gasteiger partial charge in [0, 0.05) is 18.2 Å². The fourth-order valence-corrected chi connectivity index (χ4v) is 2.52. The highest BCUT2D eigenvalue weighted by atomic mass is 19.1. The van der Waals surface area contributed by atoms with Gasteiger partial charge in [-0.3, -0.25) is 9.69 Å². The second kappa shape index (κ2) is 6.70. The van der Waals surface area contributed by atoms with E-state index in [9.17, 15) is 9.18 Å². The maximum absolute atomic E-state index is 13.1. The number of piperidine rings is 1. The fraction of sp³-hybridized carbons (Fsp3) is 0.533. The summed E-state index contributed by atoms with van der Waals surface area (Å²) in [6.45, 7) is 4.90. The third kappa shape index (κ3) is 3.70. The lowest BCUT2D eigenvalue weighted by Crippen LogP contribution is -2.44. The molecular weight excluding hydrogens is 257 g/mol. The minimum absolute atomic E-state index is 0.00160. The van der Waals surface area contributed by atoms with Crippen LogP contribution in [0.3, 0.4) is 0 Å². The molecule has 20 heavy (non-hydrogen) atoms. The fourth-order valence-electron chi connectivity index (χ4n) is 2.52. The number of carbonyl (C=O) groups is 1. The van der Waals surface area contributed by atoms with Crippen LogP contribution in [0.1, 0.15) is 36.5 Å². The second-order valence-electron chi connectivity index (χ2n) is 5.39. The normalized spacial score (nSPS) is 17.7. The first kappa shape index (κ1) is 14.8. The molecule has 1 aromatic rings. The Morgan fingerprint density at radius 1 is 1.40 bits per heavy atom. The summed E-state index contributed by atoms with van der Waals surface area (Å²) in [5, 5.41) is 2.88. The number of benzene rings is 1. The number of hydrogen-bond donors (Lipinski definition) is 2. The molecule has 3 N–H and O–H groups in total. The standard InChI is InChI=1S/C15H22FN3O/c1-11(19-7-3-2-4-8-19)10-18-15(20)12-5-6-13(16)14(17)9-12/h5-6,9,11H,2-4,7-8,10,17H2,1H3,(H,18,20). The first-order chi connectivity index (χ1) is 9.58. The topological polar surface area (TPSA) is 58.4 Å². The number of amides is 1. The van der Waals surface area contributed by atoms with Crippen LogP contribution in [0.25, 0.3) is 0 Å². The summed E-state index contributed by atoms with van der Waals surface area (Å²) in [6, 6.07) is 4.36. The van der Waals surface area contributed by atoms with Gasteiger partial charge in [-0.15, -0.1) is 0 Å². The van der Waals surface area contributed by atoms with Crippen molar-refractivity contribution in [3.05, 3.63) is 29.6 Å². The van der Waals surface area contributed by atoms with Gasteiger partial charge in [0.05, 0.1) is 5.69 Å². The molecule has 0 saturated carbocycles. The van der Waals surface area contributed by atoms with Crippen molar-refractivity contribution in [2.45, 2.75) is 32.2 Å². The Bertz CT molecular complexity index is 472. The number of hydrogen-bond acceptors (Lipinski definition) is 3. The summed E-state index contributed by atoms with van der Waals surface area (Å²) in [4.78, 5) is 14.4. The van der Waals surface area contributed by atoms with Gasteiger partial charge in [-0.25, -0.2) is 4.39 Å². The zero-order chi connectivity index (χ0) is 14.5. The third-order valence-corrected chi connectivity index (χ3v) is 3.83. The van der Waals surface area contributed by atoms with Crippen LogP contribution in [-0.2, 0) is 0 Å². The van der Waals surface area contributed by atoms with Crippen molar-refractivity contribution < 1.29 is 9.18 Å². The predicted octanol–water partition coefficient (Wildman–Crippen LogP) is 2.01. The number of nitrogens with two attached hydrogens (primary N) is 1. The van der Waals surface area contributed by atoms with E-state index < -0.39 is 5.82 Å². The highest BCUT2D eigenvalue weighted by Gasteiger charge is 2.17. The number of likely N-dealkylation sites (tertiary alicyclic amines) is 1. The molecule has 0 radical (unpaired) electrons. The van der Waals surface area contributed by atoms with Gasteiger partial charge in [0.2, 0.25) is 0 Å². The highest BCUT2D eigenvalue weighted by molar-refractivity contribution is 5.95. The summed E-state index contributed by atoms with van der Waals surface area (Å²) >= 11 is 0. The number of nitrogens with one attached hydrogen (secondary N) is 1. The number of rotatable bonds is 4. The first-order valence-corrected chi connectivity index (χ1v) is 7.15. The molecule has 1 atom stereocenters. The molecule has 2 rings (SSSR count). The Balaban J connectivity index is 1.86. The minimum Gasteiger partial charge on any atom is -0.396 e. The molecule has 0 aliphatic carbocycles. The Hall–Kier alpha value is -1.62. The summed E-state index contributed by atoms with van der Waals surface area (Å²) in [6.07, 6.45) is 3.75. The quantitative estimate of drug-likeness (QED) is 0.829. The lowest BCUT2D eigenvalue weighted by molar-refractivity contribution is 0.0930. The van der Waals surface area contributed by atoms with E-state index in [1.54, 1.807) is 0 Å². The summed E-state index contributed by atoms with van der Waals surface area (Å²) in [5.41, 5.74) is 5.87. The zero-order valence-electron chi connectivity index (χ0n) is 11.9. The first-order valence-electron chi connectivity index (χ1n) is 7.15. The van der Waals surface area contributed by atoms with Gasteiger partial charge in [-0.2, -0.15) is 0 Å². The van der Waals surface area contributed by atoms with Crippen molar-refractivity contribution in [3.63, 3.8) is 0 Å². The minimum atomic E-state index is -0.497. The number of anilines is 1. The zero-order valence-corrected chi connectivity index (χ0v) is 11.9. The van der Waals surface area contributed by atoms with Crippen LogP contribution in [0.4, 0.5) is 10.1 Å². The third-order valence-electron chi connectivity index (χ3n) is 3.83. The van der Waals surface area contributed by atoms with E-state index in [4.69, 9.17) is 5.73 Å². The lowest BCUT2D eigenvalue weighted by Gasteiger charge is -2.32. The maximum atomic E-state index is 13.1. The van der Waals surface area contributed by atoms with E-state index in [1.807, 2.05) is 0 Å². The van der Waals surface area contributed by atoms with Gasteiger partial charge >= 0.3 is 0 Å². The number of halogens is 1. The Kier molecular flexibility index (Phi) is 4.95. The average molecular weight is 279 g/mol. The Morgan fingerprint density at radius 2 is 2.10 bits per heavy atom. The molecule has 1 unspecified atom stereocenters. The smallest absolute Gasteiger partial charge is 0.251 e. The van der Waals surface area contributed by atoms with Crippen molar-refractivity contribution in [1.82, 2.24) is 10.2 Å². The summed E-state index contributed by atoms with van der Waals surface area (Å²) in [5.74, 6) is -0.705. The molecule has 1 aromatic carbocycles. The van der Waals surface area contributed by atoms with Gasteiger partial charge < -0.3 is 11.1 Å². The molecule has 4 nitrogen and oxygen atoms in total. The van der Waals surface area contributed by atoms with Crippen LogP contribution in [0, 0.1) is 5.82 Å². The van der Waals surface area contributed by atoms with E-state index in [1.165, 1.54) is 37.5 Å². The van der Waals surface area contributed by atoms with Crippen LogP contribution in [0.2, 0.25) is 0 Å². The van der Waals surface area contributed by atoms with Crippen molar-refractivity contribution in [2.75, 3.05) is 25.4 Å². The second-order valence-corrected chi connectivity index (χ2v) is 5.39. The van der Waals surface area contributed by atoms with E-state index in [-0.39, 0.29) is 11.6 Å². The van der Waals surface area contributed by atoms with E-state index in [2.05, 4.69) is 17.1 Å². The van der Waals surface area contributed by atoms with Crippen LogP contribution in [0.5, 0.6) is 0 Å². The van der Waals surface area contributed by atoms with E-state index in [0.717, 1.165) is 13.1 Å². The summed E-state index contributed by atoms with van der Waals surface area (Å²) < 4.78 is 13.1.